The average molecular weight is 396 g/mol. The van der Waals surface area contributed by atoms with Crippen molar-refractivity contribution in [3.8, 4) is 11.4 Å². The number of carbonyl (C=O) groups excluding carboxylic acids is 1. The highest BCUT2D eigenvalue weighted by Crippen LogP contribution is 2.36. The topological polar surface area (TPSA) is 47.4 Å². The summed E-state index contributed by atoms with van der Waals surface area (Å²) in [5.41, 5.74) is 4.29. The summed E-state index contributed by atoms with van der Waals surface area (Å²) in [6.45, 7) is 6.05. The van der Waals surface area contributed by atoms with Gasteiger partial charge in [-0.25, -0.2) is 4.68 Å². The number of nitrogens with zero attached hydrogens (tertiary/aromatic N) is 3. The average Bonchev–Trinajstić information content (AvgIpc) is 3.05. The third-order valence-corrected chi connectivity index (χ3v) is 6.97. The van der Waals surface area contributed by atoms with Gasteiger partial charge >= 0.3 is 0 Å². The Balaban J connectivity index is 1.42. The van der Waals surface area contributed by atoms with E-state index in [2.05, 4.69) is 11.8 Å². The van der Waals surface area contributed by atoms with Gasteiger partial charge in [-0.1, -0.05) is 25.3 Å². The molecule has 0 N–H and O–H groups in total. The van der Waals surface area contributed by atoms with Crippen molar-refractivity contribution < 1.29 is 9.53 Å². The van der Waals surface area contributed by atoms with Crippen LogP contribution in [0.2, 0.25) is 0 Å². The second-order valence-corrected chi connectivity index (χ2v) is 8.70. The molecule has 0 radical (unpaired) electrons. The number of rotatable bonds is 5. The molecule has 2 aliphatic rings. The molecule has 2 fully saturated rings. The maximum atomic E-state index is 12.9. The minimum Gasteiger partial charge on any atom is -0.497 e. The number of fused-ring (bicyclic) bond motifs is 1. The van der Waals surface area contributed by atoms with Crippen molar-refractivity contribution in [1.29, 1.82) is 0 Å². The predicted molar refractivity (Wildman–Crippen MR) is 115 cm³/mol. The Hall–Kier alpha value is -2.30. The Morgan fingerprint density at radius 1 is 1.17 bits per heavy atom. The van der Waals surface area contributed by atoms with Gasteiger partial charge in [0.15, 0.2) is 0 Å². The minimum absolute atomic E-state index is 0.307. The van der Waals surface area contributed by atoms with E-state index in [1.807, 2.05) is 35.9 Å². The van der Waals surface area contributed by atoms with E-state index in [1.54, 1.807) is 7.11 Å². The number of benzene rings is 1. The van der Waals surface area contributed by atoms with Crippen molar-refractivity contribution >= 4 is 5.91 Å². The zero-order chi connectivity index (χ0) is 20.4. The molecule has 1 saturated carbocycles. The van der Waals surface area contributed by atoms with Crippen LogP contribution in [0, 0.1) is 25.7 Å². The number of amides is 1. The largest absolute Gasteiger partial charge is 0.497 e. The summed E-state index contributed by atoms with van der Waals surface area (Å²) in [5.74, 6) is 2.72. The second kappa shape index (κ2) is 8.60. The summed E-state index contributed by atoms with van der Waals surface area (Å²) in [4.78, 5) is 15.0. The van der Waals surface area contributed by atoms with Gasteiger partial charge in [-0.15, -0.1) is 0 Å². The molecule has 2 heterocycles. The summed E-state index contributed by atoms with van der Waals surface area (Å²) in [6.07, 6.45) is 7.92. The van der Waals surface area contributed by atoms with E-state index in [-0.39, 0.29) is 0 Å². The van der Waals surface area contributed by atoms with E-state index in [0.717, 1.165) is 54.2 Å². The van der Waals surface area contributed by atoms with Gasteiger partial charge in [0, 0.05) is 31.3 Å². The Morgan fingerprint density at radius 3 is 2.76 bits per heavy atom. The standard InChI is InChI=1S/C24H33N3O2/c1-17-23(18(2)27(25-17)21-9-6-10-22(15-21)29-3)11-12-24(28)26-14-13-19-7-4-5-8-20(19)16-26/h6,9-10,15,19-20H,4-5,7-8,11-14,16H2,1-3H3/t19-,20-/m1/s1. The first kappa shape index (κ1) is 20.0. The van der Waals surface area contributed by atoms with Gasteiger partial charge in [0.2, 0.25) is 5.91 Å². The van der Waals surface area contributed by atoms with Crippen LogP contribution in [0.4, 0.5) is 0 Å². The van der Waals surface area contributed by atoms with Crippen LogP contribution < -0.4 is 4.74 Å². The van der Waals surface area contributed by atoms with Crippen molar-refractivity contribution in [3.05, 3.63) is 41.2 Å². The Bertz CT molecular complexity index is 873. The fraction of sp³-hybridized carbons (Fsp3) is 0.583. The van der Waals surface area contributed by atoms with E-state index in [4.69, 9.17) is 9.84 Å². The summed E-state index contributed by atoms with van der Waals surface area (Å²) < 4.78 is 7.31. The number of aryl methyl sites for hydroxylation is 1. The number of methoxy groups -OCH3 is 1. The third-order valence-electron chi connectivity index (χ3n) is 6.97. The normalized spacial score (nSPS) is 21.7. The molecule has 1 aliphatic heterocycles. The summed E-state index contributed by atoms with van der Waals surface area (Å²) in [5, 5.41) is 4.74. The molecule has 5 heteroatoms. The lowest BCUT2D eigenvalue weighted by atomic mass is 9.75. The van der Waals surface area contributed by atoms with Crippen molar-refractivity contribution in [1.82, 2.24) is 14.7 Å². The lowest BCUT2D eigenvalue weighted by Crippen LogP contribution is -2.44. The number of aromatic nitrogens is 2. The van der Waals surface area contributed by atoms with Gasteiger partial charge < -0.3 is 9.64 Å². The van der Waals surface area contributed by atoms with Crippen LogP contribution in [0.1, 0.15) is 55.5 Å². The fourth-order valence-electron chi connectivity index (χ4n) is 5.25. The van der Waals surface area contributed by atoms with Crippen molar-refractivity contribution in [2.24, 2.45) is 11.8 Å². The van der Waals surface area contributed by atoms with Gasteiger partial charge in [0.1, 0.15) is 5.75 Å². The fourth-order valence-corrected chi connectivity index (χ4v) is 5.25. The predicted octanol–water partition coefficient (Wildman–Crippen LogP) is 4.47. The Morgan fingerprint density at radius 2 is 1.97 bits per heavy atom. The van der Waals surface area contributed by atoms with Crippen LogP contribution in [0.15, 0.2) is 24.3 Å². The molecule has 0 bridgehead atoms. The quantitative estimate of drug-likeness (QED) is 0.750. The number of likely N-dealkylation sites (tertiary alicyclic amines) is 1. The van der Waals surface area contributed by atoms with Crippen LogP contribution in [-0.4, -0.2) is 40.8 Å². The van der Waals surface area contributed by atoms with E-state index in [0.29, 0.717) is 12.3 Å². The van der Waals surface area contributed by atoms with Crippen LogP contribution in [-0.2, 0) is 11.2 Å². The molecule has 1 aromatic heterocycles. The highest BCUT2D eigenvalue weighted by molar-refractivity contribution is 5.76. The zero-order valence-corrected chi connectivity index (χ0v) is 18.0. The molecule has 156 valence electrons. The van der Waals surface area contributed by atoms with E-state index >= 15 is 0 Å². The van der Waals surface area contributed by atoms with Crippen molar-refractivity contribution in [3.63, 3.8) is 0 Å². The highest BCUT2D eigenvalue weighted by atomic mass is 16.5. The molecule has 0 unspecified atom stereocenters. The van der Waals surface area contributed by atoms with Crippen LogP contribution >= 0.6 is 0 Å². The monoisotopic (exact) mass is 395 g/mol. The summed E-state index contributed by atoms with van der Waals surface area (Å²) in [7, 11) is 1.67. The van der Waals surface area contributed by atoms with Crippen molar-refractivity contribution in [2.45, 2.75) is 58.8 Å². The molecule has 5 nitrogen and oxygen atoms in total. The van der Waals surface area contributed by atoms with E-state index in [9.17, 15) is 4.79 Å². The van der Waals surface area contributed by atoms with Gasteiger partial charge in [0.25, 0.3) is 0 Å². The highest BCUT2D eigenvalue weighted by Gasteiger charge is 2.32. The van der Waals surface area contributed by atoms with Gasteiger partial charge in [-0.05, 0) is 62.6 Å². The Kier molecular flexibility index (Phi) is 5.93. The number of carbonyl (C=O) groups is 1. The van der Waals surface area contributed by atoms with Gasteiger partial charge in [-0.3, -0.25) is 4.79 Å². The maximum absolute atomic E-state index is 12.9. The zero-order valence-electron chi connectivity index (χ0n) is 18.0. The molecule has 1 aromatic carbocycles. The Labute approximate surface area is 174 Å². The molecular weight excluding hydrogens is 362 g/mol. The third kappa shape index (κ3) is 4.19. The summed E-state index contributed by atoms with van der Waals surface area (Å²) >= 11 is 0. The SMILES string of the molecule is COc1cccc(-n2nc(C)c(CCC(=O)N3CC[C@H]4CCCC[C@@H]4C3)c2C)c1. The molecule has 4 rings (SSSR count). The molecule has 2 atom stereocenters. The van der Waals surface area contributed by atoms with Gasteiger partial charge in [0.05, 0.1) is 18.5 Å². The van der Waals surface area contributed by atoms with Gasteiger partial charge in [-0.2, -0.15) is 5.10 Å². The molecule has 1 saturated heterocycles. The lowest BCUT2D eigenvalue weighted by Gasteiger charge is -2.41. The lowest BCUT2D eigenvalue weighted by molar-refractivity contribution is -0.134. The number of piperidine rings is 1. The van der Waals surface area contributed by atoms with Crippen LogP contribution in [0.3, 0.4) is 0 Å². The number of ether oxygens (including phenoxy) is 1. The molecular formula is C24H33N3O2. The molecule has 29 heavy (non-hydrogen) atoms. The summed E-state index contributed by atoms with van der Waals surface area (Å²) in [6, 6.07) is 7.93. The molecule has 2 aromatic rings. The first-order valence-electron chi connectivity index (χ1n) is 11.0. The number of hydrogen-bond donors (Lipinski definition) is 0. The first-order chi connectivity index (χ1) is 14.1. The van der Waals surface area contributed by atoms with E-state index < -0.39 is 0 Å². The minimum atomic E-state index is 0.307. The smallest absolute Gasteiger partial charge is 0.222 e. The molecule has 1 amide bonds. The first-order valence-corrected chi connectivity index (χ1v) is 11.0. The van der Waals surface area contributed by atoms with Crippen LogP contribution in [0.25, 0.3) is 5.69 Å². The van der Waals surface area contributed by atoms with Crippen molar-refractivity contribution in [2.75, 3.05) is 20.2 Å². The maximum Gasteiger partial charge on any atom is 0.222 e. The van der Waals surface area contributed by atoms with E-state index in [1.165, 1.54) is 37.7 Å². The number of hydrogen-bond acceptors (Lipinski definition) is 3. The molecule has 1 aliphatic carbocycles. The second-order valence-electron chi connectivity index (χ2n) is 8.70. The molecule has 0 spiro atoms. The van der Waals surface area contributed by atoms with Crippen LogP contribution in [0.5, 0.6) is 5.75 Å².